The molecule has 0 aliphatic heterocycles. The lowest BCUT2D eigenvalue weighted by Gasteiger charge is -1.99. The molecule has 6 heteroatoms. The van der Waals surface area contributed by atoms with Crippen LogP contribution in [0.25, 0.3) is 0 Å². The molecule has 0 bridgehead atoms. The summed E-state index contributed by atoms with van der Waals surface area (Å²) in [5, 5.41) is 3.87. The van der Waals surface area contributed by atoms with E-state index in [1.807, 2.05) is 12.1 Å². The SMILES string of the molecule is O=C(N/N=C\c1ccc(Cl)s1)c1cccc(Br)c1. The number of thiophene rings is 1. The summed E-state index contributed by atoms with van der Waals surface area (Å²) in [5.41, 5.74) is 3.00. The van der Waals surface area contributed by atoms with Gasteiger partial charge in [0.05, 0.1) is 10.6 Å². The van der Waals surface area contributed by atoms with Crippen molar-refractivity contribution in [3.8, 4) is 0 Å². The predicted octanol–water partition coefficient (Wildman–Crippen LogP) is 3.93. The lowest BCUT2D eigenvalue weighted by atomic mass is 10.2. The predicted molar refractivity (Wildman–Crippen MR) is 78.5 cm³/mol. The Morgan fingerprint density at radius 1 is 1.39 bits per heavy atom. The maximum atomic E-state index is 11.7. The topological polar surface area (TPSA) is 41.5 Å². The zero-order valence-electron chi connectivity index (χ0n) is 9.06. The molecule has 0 aliphatic rings. The highest BCUT2D eigenvalue weighted by atomic mass is 79.9. The molecule has 1 amide bonds. The molecule has 92 valence electrons. The molecule has 3 nitrogen and oxygen atoms in total. The van der Waals surface area contributed by atoms with Crippen LogP contribution >= 0.6 is 38.9 Å². The van der Waals surface area contributed by atoms with Crippen molar-refractivity contribution in [2.24, 2.45) is 5.10 Å². The molecular weight excluding hydrogens is 336 g/mol. The van der Waals surface area contributed by atoms with Crippen molar-refractivity contribution in [1.82, 2.24) is 5.43 Å². The van der Waals surface area contributed by atoms with E-state index in [4.69, 9.17) is 11.6 Å². The highest BCUT2D eigenvalue weighted by Gasteiger charge is 2.03. The number of benzene rings is 1. The van der Waals surface area contributed by atoms with Crippen LogP contribution in [0, 0.1) is 0 Å². The van der Waals surface area contributed by atoms with Gasteiger partial charge in [0.1, 0.15) is 0 Å². The Hall–Kier alpha value is -1.17. The zero-order chi connectivity index (χ0) is 13.0. The molecule has 18 heavy (non-hydrogen) atoms. The summed E-state index contributed by atoms with van der Waals surface area (Å²) in [7, 11) is 0. The molecule has 0 saturated heterocycles. The number of halogens is 2. The van der Waals surface area contributed by atoms with Crippen LogP contribution in [0.2, 0.25) is 4.34 Å². The van der Waals surface area contributed by atoms with Gasteiger partial charge in [0.25, 0.3) is 5.91 Å². The second-order valence-electron chi connectivity index (χ2n) is 3.35. The Kier molecular flexibility index (Phi) is 4.52. The van der Waals surface area contributed by atoms with E-state index in [0.29, 0.717) is 9.90 Å². The fraction of sp³-hybridized carbons (Fsp3) is 0. The first-order valence-corrected chi connectivity index (χ1v) is 6.98. The molecule has 0 fully saturated rings. The van der Waals surface area contributed by atoms with Gasteiger partial charge in [-0.3, -0.25) is 4.79 Å². The summed E-state index contributed by atoms with van der Waals surface area (Å²) in [5.74, 6) is -0.254. The second-order valence-corrected chi connectivity index (χ2v) is 6.01. The summed E-state index contributed by atoms with van der Waals surface area (Å²) < 4.78 is 1.54. The van der Waals surface area contributed by atoms with Crippen LogP contribution < -0.4 is 5.43 Å². The molecule has 1 N–H and O–H groups in total. The van der Waals surface area contributed by atoms with Gasteiger partial charge in [0, 0.05) is 14.9 Å². The van der Waals surface area contributed by atoms with Crippen molar-refractivity contribution in [3.05, 3.63) is 55.6 Å². The quantitative estimate of drug-likeness (QED) is 0.666. The summed E-state index contributed by atoms with van der Waals surface area (Å²) >= 11 is 10.5. The average Bonchev–Trinajstić information content (AvgIpc) is 2.75. The van der Waals surface area contributed by atoms with Gasteiger partial charge >= 0.3 is 0 Å². The van der Waals surface area contributed by atoms with Crippen LogP contribution in [-0.2, 0) is 0 Å². The molecule has 0 aliphatic carbocycles. The van der Waals surface area contributed by atoms with Gasteiger partial charge in [-0.25, -0.2) is 5.43 Å². The lowest BCUT2D eigenvalue weighted by molar-refractivity contribution is 0.0955. The smallest absolute Gasteiger partial charge is 0.267 e. The van der Waals surface area contributed by atoms with E-state index in [2.05, 4.69) is 26.5 Å². The van der Waals surface area contributed by atoms with Gasteiger partial charge in [-0.1, -0.05) is 33.6 Å². The number of rotatable bonds is 3. The average molecular weight is 344 g/mol. The van der Waals surface area contributed by atoms with E-state index in [1.165, 1.54) is 11.3 Å². The molecule has 2 rings (SSSR count). The molecular formula is C12H8BrClN2OS. The lowest BCUT2D eigenvalue weighted by Crippen LogP contribution is -2.17. The van der Waals surface area contributed by atoms with E-state index < -0.39 is 0 Å². The van der Waals surface area contributed by atoms with E-state index in [0.717, 1.165) is 9.35 Å². The first-order valence-electron chi connectivity index (χ1n) is 4.99. The molecule has 2 aromatic rings. The Morgan fingerprint density at radius 2 is 2.22 bits per heavy atom. The van der Waals surface area contributed by atoms with Crippen LogP contribution in [0.1, 0.15) is 15.2 Å². The fourth-order valence-electron chi connectivity index (χ4n) is 1.25. The Bertz CT molecular complexity index is 597. The third kappa shape index (κ3) is 3.66. The van der Waals surface area contributed by atoms with Gasteiger partial charge in [0.2, 0.25) is 0 Å². The molecule has 0 saturated carbocycles. The van der Waals surface area contributed by atoms with Gasteiger partial charge in [-0.05, 0) is 30.3 Å². The molecule has 0 radical (unpaired) electrons. The number of hydrogen-bond donors (Lipinski definition) is 1. The first kappa shape index (κ1) is 13.3. The molecule has 0 unspecified atom stereocenters. The number of nitrogens with zero attached hydrogens (tertiary/aromatic N) is 1. The third-order valence-corrected chi connectivity index (χ3v) is 3.70. The molecule has 0 spiro atoms. The van der Waals surface area contributed by atoms with Crippen molar-refractivity contribution < 1.29 is 4.79 Å². The molecule has 1 heterocycles. The molecule has 1 aromatic carbocycles. The van der Waals surface area contributed by atoms with E-state index in [1.54, 1.807) is 30.5 Å². The minimum Gasteiger partial charge on any atom is -0.267 e. The van der Waals surface area contributed by atoms with Gasteiger partial charge < -0.3 is 0 Å². The van der Waals surface area contributed by atoms with Crippen molar-refractivity contribution >= 4 is 51.0 Å². The third-order valence-electron chi connectivity index (χ3n) is 2.04. The van der Waals surface area contributed by atoms with E-state index in [-0.39, 0.29) is 5.91 Å². The highest BCUT2D eigenvalue weighted by Crippen LogP contribution is 2.19. The Balaban J connectivity index is 1.98. The second kappa shape index (κ2) is 6.13. The van der Waals surface area contributed by atoms with Gasteiger partial charge in [0.15, 0.2) is 0 Å². The largest absolute Gasteiger partial charge is 0.271 e. The minimum absolute atomic E-state index is 0.254. The van der Waals surface area contributed by atoms with Crippen molar-refractivity contribution in [3.63, 3.8) is 0 Å². The monoisotopic (exact) mass is 342 g/mol. The molecule has 1 aromatic heterocycles. The summed E-state index contributed by atoms with van der Waals surface area (Å²) in [4.78, 5) is 12.6. The van der Waals surface area contributed by atoms with Gasteiger partial charge in [-0.2, -0.15) is 5.10 Å². The highest BCUT2D eigenvalue weighted by molar-refractivity contribution is 9.10. The number of amides is 1. The maximum Gasteiger partial charge on any atom is 0.271 e. The van der Waals surface area contributed by atoms with Gasteiger partial charge in [-0.15, -0.1) is 11.3 Å². The van der Waals surface area contributed by atoms with Crippen LogP contribution in [0.4, 0.5) is 0 Å². The Morgan fingerprint density at radius 3 is 2.89 bits per heavy atom. The number of hydrazone groups is 1. The maximum absolute atomic E-state index is 11.7. The molecule has 0 atom stereocenters. The first-order chi connectivity index (χ1) is 8.65. The number of carbonyl (C=O) groups excluding carboxylic acids is 1. The minimum atomic E-state index is -0.254. The van der Waals surface area contributed by atoms with E-state index >= 15 is 0 Å². The van der Waals surface area contributed by atoms with Crippen molar-refractivity contribution in [2.45, 2.75) is 0 Å². The number of hydrogen-bond acceptors (Lipinski definition) is 3. The normalized spacial score (nSPS) is 10.8. The Labute approximate surface area is 122 Å². The summed E-state index contributed by atoms with van der Waals surface area (Å²) in [6.07, 6.45) is 1.56. The zero-order valence-corrected chi connectivity index (χ0v) is 12.2. The number of nitrogens with one attached hydrogen (secondary N) is 1. The van der Waals surface area contributed by atoms with Crippen LogP contribution in [0.15, 0.2) is 46.0 Å². The summed E-state index contributed by atoms with van der Waals surface area (Å²) in [6, 6.07) is 10.7. The van der Waals surface area contributed by atoms with Crippen molar-refractivity contribution in [1.29, 1.82) is 0 Å². The summed E-state index contributed by atoms with van der Waals surface area (Å²) in [6.45, 7) is 0. The van der Waals surface area contributed by atoms with Crippen LogP contribution in [0.3, 0.4) is 0 Å². The van der Waals surface area contributed by atoms with Crippen molar-refractivity contribution in [2.75, 3.05) is 0 Å². The standard InChI is InChI=1S/C12H8BrClN2OS/c13-9-3-1-2-8(6-9)12(17)16-15-7-10-4-5-11(14)18-10/h1-7H,(H,16,17)/b15-7-. The van der Waals surface area contributed by atoms with Crippen LogP contribution in [-0.4, -0.2) is 12.1 Å². The van der Waals surface area contributed by atoms with E-state index in [9.17, 15) is 4.79 Å². The van der Waals surface area contributed by atoms with Crippen LogP contribution in [0.5, 0.6) is 0 Å². The number of carbonyl (C=O) groups is 1. The fourth-order valence-corrected chi connectivity index (χ4v) is 2.58.